The van der Waals surface area contributed by atoms with Crippen LogP contribution in [0.2, 0.25) is 0 Å². The SMILES string of the molecule is CC1C[C@@H]1c1ccccc1-c1cnc(Nc2ccccc2)c(N)c1. The number of nitrogens with two attached hydrogens (primary N) is 1. The summed E-state index contributed by atoms with van der Waals surface area (Å²) < 4.78 is 0. The fourth-order valence-corrected chi connectivity index (χ4v) is 3.23. The molecule has 24 heavy (non-hydrogen) atoms. The normalized spacial score (nSPS) is 19.0. The number of anilines is 3. The number of hydrogen-bond donors (Lipinski definition) is 2. The van der Waals surface area contributed by atoms with E-state index in [1.54, 1.807) is 0 Å². The zero-order valence-corrected chi connectivity index (χ0v) is 13.7. The van der Waals surface area contributed by atoms with Crippen molar-refractivity contribution in [2.75, 3.05) is 11.1 Å². The van der Waals surface area contributed by atoms with Gasteiger partial charge in [0.25, 0.3) is 0 Å². The summed E-state index contributed by atoms with van der Waals surface area (Å²) >= 11 is 0. The van der Waals surface area contributed by atoms with Gasteiger partial charge < -0.3 is 11.1 Å². The van der Waals surface area contributed by atoms with Gasteiger partial charge in [0.15, 0.2) is 5.82 Å². The highest BCUT2D eigenvalue weighted by atomic mass is 15.0. The van der Waals surface area contributed by atoms with Gasteiger partial charge in [-0.25, -0.2) is 4.98 Å². The molecular weight excluding hydrogens is 294 g/mol. The Balaban J connectivity index is 1.65. The van der Waals surface area contributed by atoms with Gasteiger partial charge in [0, 0.05) is 17.4 Å². The van der Waals surface area contributed by atoms with Gasteiger partial charge in [0.2, 0.25) is 0 Å². The fourth-order valence-electron chi connectivity index (χ4n) is 3.23. The Kier molecular flexibility index (Phi) is 3.69. The smallest absolute Gasteiger partial charge is 0.153 e. The molecule has 1 saturated carbocycles. The molecule has 1 unspecified atom stereocenters. The summed E-state index contributed by atoms with van der Waals surface area (Å²) in [7, 11) is 0. The minimum Gasteiger partial charge on any atom is -0.396 e. The Morgan fingerprint density at radius 2 is 1.75 bits per heavy atom. The van der Waals surface area contributed by atoms with Crippen molar-refractivity contribution >= 4 is 17.2 Å². The minimum atomic E-state index is 0.662. The summed E-state index contributed by atoms with van der Waals surface area (Å²) in [5, 5.41) is 3.27. The van der Waals surface area contributed by atoms with Gasteiger partial charge in [-0.3, -0.25) is 0 Å². The zero-order chi connectivity index (χ0) is 16.5. The predicted octanol–water partition coefficient (Wildman–Crippen LogP) is 5.20. The van der Waals surface area contributed by atoms with Gasteiger partial charge >= 0.3 is 0 Å². The van der Waals surface area contributed by atoms with Gasteiger partial charge in [-0.15, -0.1) is 0 Å². The lowest BCUT2D eigenvalue weighted by Gasteiger charge is -2.12. The van der Waals surface area contributed by atoms with Crippen LogP contribution in [-0.4, -0.2) is 4.98 Å². The molecule has 1 aliphatic rings. The molecule has 0 radical (unpaired) electrons. The third kappa shape index (κ3) is 2.85. The van der Waals surface area contributed by atoms with Crippen LogP contribution in [-0.2, 0) is 0 Å². The Hall–Kier alpha value is -2.81. The number of benzene rings is 2. The lowest BCUT2D eigenvalue weighted by atomic mass is 9.97. The van der Waals surface area contributed by atoms with Crippen LogP contribution in [0.3, 0.4) is 0 Å². The van der Waals surface area contributed by atoms with Crippen molar-refractivity contribution in [3.8, 4) is 11.1 Å². The van der Waals surface area contributed by atoms with Crippen LogP contribution >= 0.6 is 0 Å². The maximum atomic E-state index is 6.25. The molecular formula is C21H21N3. The molecule has 4 rings (SSSR count). The van der Waals surface area contributed by atoms with Crippen molar-refractivity contribution in [2.24, 2.45) is 5.92 Å². The number of para-hydroxylation sites is 1. The van der Waals surface area contributed by atoms with E-state index in [0.717, 1.165) is 17.2 Å². The third-order valence-corrected chi connectivity index (χ3v) is 4.73. The molecule has 0 bridgehead atoms. The summed E-state index contributed by atoms with van der Waals surface area (Å²) in [5.41, 5.74) is 11.6. The van der Waals surface area contributed by atoms with Crippen LogP contribution in [0.4, 0.5) is 17.2 Å². The second-order valence-corrected chi connectivity index (χ2v) is 6.56. The molecule has 3 nitrogen and oxygen atoms in total. The number of hydrogen-bond acceptors (Lipinski definition) is 3. The first-order valence-corrected chi connectivity index (χ1v) is 8.39. The highest BCUT2D eigenvalue weighted by Crippen LogP contribution is 2.49. The van der Waals surface area contributed by atoms with E-state index in [1.807, 2.05) is 42.6 Å². The molecule has 1 fully saturated rings. The first-order valence-electron chi connectivity index (χ1n) is 8.39. The van der Waals surface area contributed by atoms with Crippen molar-refractivity contribution in [1.82, 2.24) is 4.98 Å². The molecule has 0 saturated heterocycles. The summed E-state index contributed by atoms with van der Waals surface area (Å²) in [6.07, 6.45) is 3.18. The molecule has 2 aromatic carbocycles. The number of nitrogens with one attached hydrogen (secondary N) is 1. The van der Waals surface area contributed by atoms with E-state index in [0.29, 0.717) is 17.4 Å². The minimum absolute atomic E-state index is 0.662. The van der Waals surface area contributed by atoms with Gasteiger partial charge in [-0.2, -0.15) is 0 Å². The van der Waals surface area contributed by atoms with Gasteiger partial charge in [-0.05, 0) is 47.6 Å². The molecule has 3 aromatic rings. The number of rotatable bonds is 4. The van der Waals surface area contributed by atoms with E-state index in [2.05, 4.69) is 41.5 Å². The highest BCUT2D eigenvalue weighted by molar-refractivity contribution is 5.77. The lowest BCUT2D eigenvalue weighted by Crippen LogP contribution is -2.00. The average molecular weight is 315 g/mol. The van der Waals surface area contributed by atoms with Crippen LogP contribution in [0.5, 0.6) is 0 Å². The standard InChI is InChI=1S/C21H21N3/c1-14-11-19(14)18-10-6-5-9-17(18)15-12-20(22)21(23-13-15)24-16-7-3-2-4-8-16/h2-10,12-14,19H,11,22H2,1H3,(H,23,24)/t14?,19-/m0/s1. The number of aromatic nitrogens is 1. The Bertz CT molecular complexity index is 858. The van der Waals surface area contributed by atoms with Crippen LogP contribution < -0.4 is 11.1 Å². The lowest BCUT2D eigenvalue weighted by molar-refractivity contribution is 0.916. The van der Waals surface area contributed by atoms with Crippen LogP contribution in [0, 0.1) is 5.92 Å². The zero-order valence-electron chi connectivity index (χ0n) is 13.7. The van der Waals surface area contributed by atoms with Crippen molar-refractivity contribution in [1.29, 1.82) is 0 Å². The van der Waals surface area contributed by atoms with Gasteiger partial charge in [0.05, 0.1) is 5.69 Å². The summed E-state index contributed by atoms with van der Waals surface area (Å²) in [4.78, 5) is 4.55. The maximum Gasteiger partial charge on any atom is 0.153 e. The number of nitrogen functional groups attached to an aromatic ring is 1. The number of nitrogens with zero attached hydrogens (tertiary/aromatic N) is 1. The molecule has 1 heterocycles. The molecule has 0 aliphatic heterocycles. The van der Waals surface area contributed by atoms with Crippen molar-refractivity contribution in [3.05, 3.63) is 72.4 Å². The molecule has 120 valence electrons. The first-order chi connectivity index (χ1) is 11.7. The average Bonchev–Trinajstić information content (AvgIpc) is 3.34. The third-order valence-electron chi connectivity index (χ3n) is 4.73. The predicted molar refractivity (Wildman–Crippen MR) is 100 cm³/mol. The molecule has 1 aromatic heterocycles. The van der Waals surface area contributed by atoms with Gasteiger partial charge in [-0.1, -0.05) is 49.4 Å². The summed E-state index contributed by atoms with van der Waals surface area (Å²) in [6.45, 7) is 2.31. The van der Waals surface area contributed by atoms with E-state index in [4.69, 9.17) is 5.73 Å². The Labute approximate surface area is 142 Å². The van der Waals surface area contributed by atoms with E-state index < -0.39 is 0 Å². The quantitative estimate of drug-likeness (QED) is 0.696. The van der Waals surface area contributed by atoms with Crippen molar-refractivity contribution < 1.29 is 0 Å². The monoisotopic (exact) mass is 315 g/mol. The Morgan fingerprint density at radius 3 is 2.46 bits per heavy atom. The first kappa shape index (κ1) is 14.8. The van der Waals surface area contributed by atoms with Gasteiger partial charge in [0.1, 0.15) is 0 Å². The maximum absolute atomic E-state index is 6.25. The van der Waals surface area contributed by atoms with Crippen LogP contribution in [0.25, 0.3) is 11.1 Å². The molecule has 1 aliphatic carbocycles. The van der Waals surface area contributed by atoms with E-state index in [-0.39, 0.29) is 0 Å². The molecule has 3 N–H and O–H groups in total. The highest BCUT2D eigenvalue weighted by Gasteiger charge is 2.35. The summed E-state index contributed by atoms with van der Waals surface area (Å²) in [6, 6.07) is 20.6. The van der Waals surface area contributed by atoms with Crippen molar-refractivity contribution in [2.45, 2.75) is 19.3 Å². The Morgan fingerprint density at radius 1 is 1.04 bits per heavy atom. The van der Waals surface area contributed by atoms with E-state index >= 15 is 0 Å². The number of pyridine rings is 1. The summed E-state index contributed by atoms with van der Waals surface area (Å²) in [5.74, 6) is 2.14. The van der Waals surface area contributed by atoms with Crippen LogP contribution in [0.15, 0.2) is 66.9 Å². The molecule has 0 spiro atoms. The van der Waals surface area contributed by atoms with E-state index in [1.165, 1.54) is 17.5 Å². The van der Waals surface area contributed by atoms with E-state index in [9.17, 15) is 0 Å². The fraction of sp³-hybridized carbons (Fsp3) is 0.190. The topological polar surface area (TPSA) is 50.9 Å². The molecule has 3 heteroatoms. The molecule has 2 atom stereocenters. The molecule has 0 amide bonds. The second-order valence-electron chi connectivity index (χ2n) is 6.56. The van der Waals surface area contributed by atoms with Crippen molar-refractivity contribution in [3.63, 3.8) is 0 Å². The second kappa shape index (κ2) is 6.00. The van der Waals surface area contributed by atoms with Crippen LogP contribution in [0.1, 0.15) is 24.8 Å². The largest absolute Gasteiger partial charge is 0.396 e.